The molecule has 0 fully saturated rings. The fourth-order valence-corrected chi connectivity index (χ4v) is 0.869. The van der Waals surface area contributed by atoms with Crippen molar-refractivity contribution in [2.75, 3.05) is 6.67 Å². The molecule has 0 aromatic rings. The van der Waals surface area contributed by atoms with Gasteiger partial charge < -0.3 is 0 Å². The molecule has 0 aliphatic carbocycles. The molecule has 0 unspecified atom stereocenters. The first-order valence-corrected chi connectivity index (χ1v) is 3.63. The van der Waals surface area contributed by atoms with Crippen LogP contribution in [0.4, 0.5) is 39.5 Å². The SMILES string of the molecule is CC(=C(C(F)(F)F)C(F)(F)F)C(F)(F)CF. The van der Waals surface area contributed by atoms with Crippen molar-refractivity contribution in [1.82, 2.24) is 0 Å². The zero-order chi connectivity index (χ0) is 13.4. The van der Waals surface area contributed by atoms with Gasteiger partial charge in [0.25, 0.3) is 5.92 Å². The van der Waals surface area contributed by atoms with Crippen LogP contribution in [0.5, 0.6) is 0 Å². The Labute approximate surface area is 83.7 Å². The summed E-state index contributed by atoms with van der Waals surface area (Å²) in [5, 5.41) is 0. The van der Waals surface area contributed by atoms with Gasteiger partial charge in [-0.25, -0.2) is 4.39 Å². The largest absolute Gasteiger partial charge is 0.421 e. The topological polar surface area (TPSA) is 0 Å². The lowest BCUT2D eigenvalue weighted by Crippen LogP contribution is -2.33. The molecule has 0 atom stereocenters. The first-order chi connectivity index (χ1) is 6.84. The van der Waals surface area contributed by atoms with Gasteiger partial charge in [-0.1, -0.05) is 0 Å². The summed E-state index contributed by atoms with van der Waals surface area (Å²) in [6, 6.07) is 0. The van der Waals surface area contributed by atoms with Gasteiger partial charge in [-0.3, -0.25) is 0 Å². The second-order valence-electron chi connectivity index (χ2n) is 2.83. The highest BCUT2D eigenvalue weighted by Crippen LogP contribution is 2.44. The van der Waals surface area contributed by atoms with E-state index in [-0.39, 0.29) is 6.92 Å². The Morgan fingerprint density at radius 1 is 0.812 bits per heavy atom. The van der Waals surface area contributed by atoms with Crippen LogP contribution in [0, 0.1) is 0 Å². The maximum Gasteiger partial charge on any atom is 0.421 e. The van der Waals surface area contributed by atoms with Crippen LogP contribution >= 0.6 is 0 Å². The summed E-state index contributed by atoms with van der Waals surface area (Å²) in [5.74, 6) is -4.79. The van der Waals surface area contributed by atoms with E-state index in [0.29, 0.717) is 0 Å². The molecule has 96 valence electrons. The van der Waals surface area contributed by atoms with E-state index in [1.807, 2.05) is 0 Å². The van der Waals surface area contributed by atoms with E-state index in [0.717, 1.165) is 0 Å². The van der Waals surface area contributed by atoms with E-state index >= 15 is 0 Å². The number of allylic oxidation sites excluding steroid dienone is 2. The molecule has 0 saturated carbocycles. The molecule has 0 radical (unpaired) electrons. The van der Waals surface area contributed by atoms with Gasteiger partial charge in [0.2, 0.25) is 0 Å². The molecule has 0 spiro atoms. The molecule has 0 heterocycles. The lowest BCUT2D eigenvalue weighted by molar-refractivity contribution is -0.176. The Kier molecular flexibility index (Phi) is 3.94. The second kappa shape index (κ2) is 4.17. The quantitative estimate of drug-likeness (QED) is 0.519. The second-order valence-corrected chi connectivity index (χ2v) is 2.83. The van der Waals surface area contributed by atoms with E-state index in [1.165, 1.54) is 0 Å². The van der Waals surface area contributed by atoms with Gasteiger partial charge in [0.15, 0.2) is 6.67 Å². The van der Waals surface area contributed by atoms with Crippen LogP contribution in [-0.4, -0.2) is 24.9 Å². The highest BCUT2D eigenvalue weighted by molar-refractivity contribution is 5.27. The van der Waals surface area contributed by atoms with Crippen molar-refractivity contribution in [3.63, 3.8) is 0 Å². The summed E-state index contributed by atoms with van der Waals surface area (Å²) in [7, 11) is 0. The van der Waals surface area contributed by atoms with Crippen LogP contribution in [0.25, 0.3) is 0 Å². The molecule has 0 amide bonds. The van der Waals surface area contributed by atoms with Crippen LogP contribution < -0.4 is 0 Å². The van der Waals surface area contributed by atoms with Gasteiger partial charge >= 0.3 is 12.4 Å². The number of hydrogen-bond acceptors (Lipinski definition) is 0. The normalized spacial score (nSPS) is 13.9. The number of alkyl halides is 9. The standard InChI is InChI=1S/C7H5F9/c1-3(5(9,10)2-8)4(6(11,12)13)7(14,15)16/h2H2,1H3. The van der Waals surface area contributed by atoms with E-state index in [2.05, 4.69) is 0 Å². The summed E-state index contributed by atoms with van der Waals surface area (Å²) in [6.45, 7) is -2.73. The fourth-order valence-electron chi connectivity index (χ4n) is 0.869. The smallest absolute Gasteiger partial charge is 0.244 e. The molecule has 0 aliphatic heterocycles. The Hall–Kier alpha value is -0.890. The first-order valence-electron chi connectivity index (χ1n) is 3.63. The van der Waals surface area contributed by atoms with E-state index in [9.17, 15) is 39.5 Å². The number of halogens is 9. The van der Waals surface area contributed by atoms with Gasteiger partial charge in [0.1, 0.15) is 5.57 Å². The Bertz CT molecular complexity index is 263. The van der Waals surface area contributed by atoms with Crippen molar-refractivity contribution >= 4 is 0 Å². The maximum absolute atomic E-state index is 12.4. The summed E-state index contributed by atoms with van der Waals surface area (Å²) >= 11 is 0. The van der Waals surface area contributed by atoms with Gasteiger partial charge in [-0.2, -0.15) is 35.1 Å². The van der Waals surface area contributed by atoms with E-state index < -0.39 is 36.1 Å². The molecule has 0 aromatic heterocycles. The Morgan fingerprint density at radius 3 is 1.31 bits per heavy atom. The molecule has 0 bridgehead atoms. The molecule has 0 N–H and O–H groups in total. The molecule has 0 rings (SSSR count). The van der Waals surface area contributed by atoms with Crippen molar-refractivity contribution in [3.8, 4) is 0 Å². The molecular weight excluding hydrogens is 255 g/mol. The molecule has 16 heavy (non-hydrogen) atoms. The predicted molar refractivity (Wildman–Crippen MR) is 35.7 cm³/mol. The highest BCUT2D eigenvalue weighted by atomic mass is 19.4. The van der Waals surface area contributed by atoms with Crippen molar-refractivity contribution in [1.29, 1.82) is 0 Å². The molecule has 9 heteroatoms. The van der Waals surface area contributed by atoms with Crippen molar-refractivity contribution in [2.24, 2.45) is 0 Å². The zero-order valence-corrected chi connectivity index (χ0v) is 7.61. The summed E-state index contributed by atoms with van der Waals surface area (Å²) in [4.78, 5) is 0. The monoisotopic (exact) mass is 260 g/mol. The average molecular weight is 260 g/mol. The third-order valence-corrected chi connectivity index (χ3v) is 1.66. The van der Waals surface area contributed by atoms with Gasteiger partial charge in [0.05, 0.1) is 0 Å². The van der Waals surface area contributed by atoms with Gasteiger partial charge in [0, 0.05) is 5.57 Å². The summed E-state index contributed by atoms with van der Waals surface area (Å²) in [5.41, 5.74) is -5.75. The Morgan fingerprint density at radius 2 is 1.12 bits per heavy atom. The molecule has 0 aromatic carbocycles. The van der Waals surface area contributed by atoms with Crippen LogP contribution in [0.1, 0.15) is 6.92 Å². The van der Waals surface area contributed by atoms with E-state index in [1.54, 1.807) is 0 Å². The molecule has 0 saturated heterocycles. The minimum absolute atomic E-state index is 0.101. The zero-order valence-electron chi connectivity index (χ0n) is 7.61. The average Bonchev–Trinajstić information content (AvgIpc) is 1.98. The van der Waals surface area contributed by atoms with Crippen LogP contribution in [0.15, 0.2) is 11.1 Å². The fraction of sp³-hybridized carbons (Fsp3) is 0.714. The summed E-state index contributed by atoms with van der Waals surface area (Å²) in [6.07, 6.45) is -12.0. The third-order valence-electron chi connectivity index (χ3n) is 1.66. The number of rotatable bonds is 2. The van der Waals surface area contributed by atoms with Crippen LogP contribution in [-0.2, 0) is 0 Å². The van der Waals surface area contributed by atoms with Crippen LogP contribution in [0.2, 0.25) is 0 Å². The van der Waals surface area contributed by atoms with Crippen molar-refractivity contribution < 1.29 is 39.5 Å². The van der Waals surface area contributed by atoms with E-state index in [4.69, 9.17) is 0 Å². The lowest BCUT2D eigenvalue weighted by Gasteiger charge is -2.22. The third kappa shape index (κ3) is 3.31. The lowest BCUT2D eigenvalue weighted by atomic mass is 10.0. The first kappa shape index (κ1) is 15.1. The minimum atomic E-state index is -6.01. The molecular formula is C7H5F9. The van der Waals surface area contributed by atoms with Gasteiger partial charge in [-0.05, 0) is 6.92 Å². The predicted octanol–water partition coefficient (Wildman–Crippen LogP) is 4.03. The van der Waals surface area contributed by atoms with Crippen molar-refractivity contribution in [3.05, 3.63) is 11.1 Å². The minimum Gasteiger partial charge on any atom is -0.244 e. The maximum atomic E-state index is 12.4. The van der Waals surface area contributed by atoms with Crippen LogP contribution in [0.3, 0.4) is 0 Å². The van der Waals surface area contributed by atoms with Crippen molar-refractivity contribution in [2.45, 2.75) is 25.2 Å². The molecule has 0 aliphatic rings. The Balaban J connectivity index is 5.78. The number of hydrogen-bond donors (Lipinski definition) is 0. The molecule has 0 nitrogen and oxygen atoms in total. The van der Waals surface area contributed by atoms with Gasteiger partial charge in [-0.15, -0.1) is 0 Å². The highest BCUT2D eigenvalue weighted by Gasteiger charge is 2.55. The summed E-state index contributed by atoms with van der Waals surface area (Å²) < 4.78 is 108.